The Morgan fingerprint density at radius 3 is 2.38 bits per heavy atom. The predicted octanol–water partition coefficient (Wildman–Crippen LogP) is 3.49. The van der Waals surface area contributed by atoms with Crippen molar-refractivity contribution >= 4 is 0 Å². The quantitative estimate of drug-likeness (QED) is 0.919. The number of nitrogens with zero attached hydrogens (tertiary/aromatic N) is 1. The molecule has 0 bridgehead atoms. The molecule has 2 N–H and O–H groups in total. The zero-order valence-electron chi connectivity index (χ0n) is 12.9. The lowest BCUT2D eigenvalue weighted by Crippen LogP contribution is -2.60. The zero-order valence-corrected chi connectivity index (χ0v) is 12.9. The molecule has 0 amide bonds. The largest absolute Gasteiger partial charge is 0.326 e. The Morgan fingerprint density at radius 2 is 1.71 bits per heavy atom. The van der Waals surface area contributed by atoms with E-state index in [-0.39, 0.29) is 17.4 Å². The smallest absolute Gasteiger partial charge is 0.126 e. The maximum atomic E-state index is 13.9. The molecule has 116 valence electrons. The molecule has 0 aromatic heterocycles. The Morgan fingerprint density at radius 1 is 1.05 bits per heavy atom. The van der Waals surface area contributed by atoms with E-state index in [1.165, 1.54) is 58.0 Å². The van der Waals surface area contributed by atoms with E-state index in [1.54, 1.807) is 12.1 Å². The summed E-state index contributed by atoms with van der Waals surface area (Å²) in [5.41, 5.74) is 7.52. The van der Waals surface area contributed by atoms with Crippen molar-refractivity contribution < 1.29 is 4.39 Å². The van der Waals surface area contributed by atoms with E-state index in [2.05, 4.69) is 4.90 Å². The summed E-state index contributed by atoms with van der Waals surface area (Å²) in [5.74, 6) is -0.111. The van der Waals surface area contributed by atoms with Gasteiger partial charge in [0.25, 0.3) is 0 Å². The standard InChI is InChI=1S/C18H27FN2/c19-16-9-3-2-8-15(16)14-17(20)18(10-4-5-11-18)21-12-6-1-7-13-21/h2-3,8-9,17H,1,4-7,10-14,20H2. The minimum Gasteiger partial charge on any atom is -0.326 e. The van der Waals surface area contributed by atoms with Gasteiger partial charge in [-0.2, -0.15) is 0 Å². The molecule has 21 heavy (non-hydrogen) atoms. The highest BCUT2D eigenvalue weighted by molar-refractivity contribution is 5.20. The Kier molecular flexibility index (Phi) is 4.60. The summed E-state index contributed by atoms with van der Waals surface area (Å²) >= 11 is 0. The van der Waals surface area contributed by atoms with Gasteiger partial charge in [0.05, 0.1) is 0 Å². The zero-order chi connectivity index (χ0) is 14.7. The molecule has 1 atom stereocenters. The average Bonchev–Trinajstić information content (AvgIpc) is 3.01. The summed E-state index contributed by atoms with van der Waals surface area (Å²) in [7, 11) is 0. The predicted molar refractivity (Wildman–Crippen MR) is 84.7 cm³/mol. The minimum absolute atomic E-state index is 0.0370. The highest BCUT2D eigenvalue weighted by Crippen LogP contribution is 2.40. The lowest BCUT2D eigenvalue weighted by atomic mass is 9.82. The minimum atomic E-state index is -0.111. The van der Waals surface area contributed by atoms with Crippen molar-refractivity contribution in [3.8, 4) is 0 Å². The van der Waals surface area contributed by atoms with Crippen LogP contribution in [0.25, 0.3) is 0 Å². The lowest BCUT2D eigenvalue weighted by molar-refractivity contribution is 0.0480. The van der Waals surface area contributed by atoms with Gasteiger partial charge in [-0.1, -0.05) is 37.5 Å². The second-order valence-electron chi connectivity index (χ2n) is 6.76. The summed E-state index contributed by atoms with van der Waals surface area (Å²) in [4.78, 5) is 2.63. The highest BCUT2D eigenvalue weighted by atomic mass is 19.1. The van der Waals surface area contributed by atoms with Crippen molar-refractivity contribution in [3.63, 3.8) is 0 Å². The van der Waals surface area contributed by atoms with Crippen LogP contribution in [0.1, 0.15) is 50.5 Å². The molecule has 3 rings (SSSR count). The summed E-state index contributed by atoms with van der Waals surface area (Å²) in [6.45, 7) is 2.34. The molecule has 2 aliphatic rings. The van der Waals surface area contributed by atoms with Gasteiger partial charge in [0.15, 0.2) is 0 Å². The number of nitrogens with two attached hydrogens (primary N) is 1. The monoisotopic (exact) mass is 290 g/mol. The van der Waals surface area contributed by atoms with Crippen LogP contribution in [-0.2, 0) is 6.42 Å². The molecule has 2 nitrogen and oxygen atoms in total. The number of benzene rings is 1. The van der Waals surface area contributed by atoms with Gasteiger partial charge in [0.1, 0.15) is 5.82 Å². The average molecular weight is 290 g/mol. The first-order chi connectivity index (χ1) is 10.2. The van der Waals surface area contributed by atoms with Crippen molar-refractivity contribution in [2.75, 3.05) is 13.1 Å². The van der Waals surface area contributed by atoms with Crippen molar-refractivity contribution in [2.24, 2.45) is 5.73 Å². The van der Waals surface area contributed by atoms with Crippen molar-refractivity contribution in [2.45, 2.75) is 62.9 Å². The van der Waals surface area contributed by atoms with Gasteiger partial charge in [0, 0.05) is 11.6 Å². The van der Waals surface area contributed by atoms with Crippen LogP contribution in [0.3, 0.4) is 0 Å². The van der Waals surface area contributed by atoms with Gasteiger partial charge >= 0.3 is 0 Å². The topological polar surface area (TPSA) is 29.3 Å². The van der Waals surface area contributed by atoms with Gasteiger partial charge in [-0.25, -0.2) is 4.39 Å². The van der Waals surface area contributed by atoms with Crippen LogP contribution in [0.4, 0.5) is 4.39 Å². The third kappa shape index (κ3) is 3.00. The van der Waals surface area contributed by atoms with Gasteiger partial charge in [-0.05, 0) is 56.8 Å². The highest BCUT2D eigenvalue weighted by Gasteiger charge is 2.44. The molecule has 3 heteroatoms. The maximum Gasteiger partial charge on any atom is 0.126 e. The van der Waals surface area contributed by atoms with Crippen LogP contribution >= 0.6 is 0 Å². The first kappa shape index (κ1) is 15.0. The van der Waals surface area contributed by atoms with E-state index in [0.29, 0.717) is 6.42 Å². The van der Waals surface area contributed by atoms with Crippen LogP contribution in [-0.4, -0.2) is 29.6 Å². The Hall–Kier alpha value is -0.930. The molecule has 1 unspecified atom stereocenters. The first-order valence-corrected chi connectivity index (χ1v) is 8.46. The molecule has 1 saturated carbocycles. The van der Waals surface area contributed by atoms with Gasteiger partial charge < -0.3 is 5.73 Å². The molecular formula is C18H27FN2. The van der Waals surface area contributed by atoms with Crippen LogP contribution in [0.2, 0.25) is 0 Å². The van der Waals surface area contributed by atoms with Gasteiger partial charge in [-0.3, -0.25) is 4.90 Å². The lowest BCUT2D eigenvalue weighted by Gasteiger charge is -2.47. The van der Waals surface area contributed by atoms with E-state index in [0.717, 1.165) is 5.56 Å². The van der Waals surface area contributed by atoms with E-state index in [1.807, 2.05) is 12.1 Å². The molecule has 1 saturated heterocycles. The number of likely N-dealkylation sites (tertiary alicyclic amines) is 1. The van der Waals surface area contributed by atoms with Crippen molar-refractivity contribution in [1.82, 2.24) is 4.90 Å². The number of rotatable bonds is 4. The van der Waals surface area contributed by atoms with Gasteiger partial charge in [0.2, 0.25) is 0 Å². The van der Waals surface area contributed by atoms with Crippen molar-refractivity contribution in [1.29, 1.82) is 0 Å². The summed E-state index contributed by atoms with van der Waals surface area (Å²) in [6, 6.07) is 7.13. The van der Waals surface area contributed by atoms with Gasteiger partial charge in [-0.15, -0.1) is 0 Å². The Balaban J connectivity index is 1.78. The molecule has 0 radical (unpaired) electrons. The fourth-order valence-corrected chi connectivity index (χ4v) is 4.34. The second-order valence-corrected chi connectivity index (χ2v) is 6.76. The van der Waals surface area contributed by atoms with E-state index >= 15 is 0 Å². The molecule has 1 aliphatic carbocycles. The number of halogens is 1. The molecule has 1 heterocycles. The number of hydrogen-bond acceptors (Lipinski definition) is 2. The number of hydrogen-bond donors (Lipinski definition) is 1. The molecule has 1 aliphatic heterocycles. The van der Waals surface area contributed by atoms with E-state index < -0.39 is 0 Å². The summed E-state index contributed by atoms with van der Waals surface area (Å²) in [5, 5.41) is 0. The SMILES string of the molecule is NC(Cc1ccccc1F)C1(N2CCCCC2)CCCC1. The Bertz CT molecular complexity index is 462. The molecule has 1 aromatic rings. The summed E-state index contributed by atoms with van der Waals surface area (Å²) < 4.78 is 13.9. The third-order valence-corrected chi connectivity index (χ3v) is 5.54. The first-order valence-electron chi connectivity index (χ1n) is 8.46. The maximum absolute atomic E-state index is 13.9. The summed E-state index contributed by atoms with van der Waals surface area (Å²) in [6.07, 6.45) is 9.47. The Labute approximate surface area is 127 Å². The second kappa shape index (κ2) is 6.45. The normalized spacial score (nSPS) is 24.1. The van der Waals surface area contributed by atoms with E-state index in [9.17, 15) is 4.39 Å². The third-order valence-electron chi connectivity index (χ3n) is 5.54. The molecule has 0 spiro atoms. The van der Waals surface area contributed by atoms with Crippen LogP contribution in [0.15, 0.2) is 24.3 Å². The van der Waals surface area contributed by atoms with Crippen LogP contribution < -0.4 is 5.73 Å². The molecular weight excluding hydrogens is 263 g/mol. The number of piperidine rings is 1. The van der Waals surface area contributed by atoms with Crippen molar-refractivity contribution in [3.05, 3.63) is 35.6 Å². The van der Waals surface area contributed by atoms with E-state index in [4.69, 9.17) is 5.73 Å². The molecule has 1 aromatic carbocycles. The van der Waals surface area contributed by atoms with Crippen LogP contribution in [0, 0.1) is 5.82 Å². The molecule has 2 fully saturated rings. The fraction of sp³-hybridized carbons (Fsp3) is 0.667. The fourth-order valence-electron chi connectivity index (χ4n) is 4.34. The van der Waals surface area contributed by atoms with Crippen LogP contribution in [0.5, 0.6) is 0 Å².